The highest BCUT2D eigenvalue weighted by molar-refractivity contribution is 9.10. The lowest BCUT2D eigenvalue weighted by Gasteiger charge is -2.17. The van der Waals surface area contributed by atoms with E-state index in [1.54, 1.807) is 0 Å². The quantitative estimate of drug-likeness (QED) is 0.373. The lowest BCUT2D eigenvalue weighted by atomic mass is 9.99. The third-order valence-electron chi connectivity index (χ3n) is 2.34. The van der Waals surface area contributed by atoms with E-state index in [2.05, 4.69) is 20.9 Å². The summed E-state index contributed by atoms with van der Waals surface area (Å²) in [5, 5.41) is 7.91. The topological polar surface area (TPSA) is 46.0 Å². The predicted molar refractivity (Wildman–Crippen MR) is 74.0 cm³/mol. The van der Waals surface area contributed by atoms with Crippen LogP contribution < -0.4 is 0 Å². The number of alkyl halides is 1. The molecule has 0 bridgehead atoms. The lowest BCUT2D eigenvalue weighted by molar-refractivity contribution is 0.305. The maximum Gasteiger partial charge on any atom is 0.189 e. The molecule has 3 nitrogen and oxygen atoms in total. The van der Waals surface area contributed by atoms with Gasteiger partial charge in [-0.15, -0.1) is 11.6 Å². The molecule has 0 aliphatic rings. The molecule has 1 unspecified atom stereocenters. The molecule has 0 fully saturated rings. The molecule has 0 amide bonds. The van der Waals surface area contributed by atoms with E-state index in [-0.39, 0.29) is 11.8 Å². The van der Waals surface area contributed by atoms with Gasteiger partial charge in [0.05, 0.1) is 18.2 Å². The average Bonchev–Trinajstić information content (AvgIpc) is 2.30. The summed E-state index contributed by atoms with van der Waals surface area (Å²) in [5.74, 6) is 0.749. The van der Waals surface area contributed by atoms with Gasteiger partial charge in [0.25, 0.3) is 0 Å². The monoisotopic (exact) mass is 318 g/mol. The van der Waals surface area contributed by atoms with Gasteiger partial charge in [-0.05, 0) is 47.8 Å². The SMILES string of the molecule is CCOC(=N)C(CCCCl)c1cccc(Br)n1. The van der Waals surface area contributed by atoms with Crippen LogP contribution in [0, 0.1) is 5.41 Å². The summed E-state index contributed by atoms with van der Waals surface area (Å²) < 4.78 is 6.05. The van der Waals surface area contributed by atoms with Gasteiger partial charge in [-0.3, -0.25) is 5.41 Å². The van der Waals surface area contributed by atoms with Gasteiger partial charge < -0.3 is 4.74 Å². The lowest BCUT2D eigenvalue weighted by Crippen LogP contribution is -2.16. The summed E-state index contributed by atoms with van der Waals surface area (Å²) >= 11 is 9.04. The number of hydrogen-bond acceptors (Lipinski definition) is 3. The fraction of sp³-hybridized carbons (Fsp3) is 0.500. The van der Waals surface area contributed by atoms with E-state index in [9.17, 15) is 0 Å². The zero-order valence-electron chi connectivity index (χ0n) is 9.75. The highest BCUT2D eigenvalue weighted by Crippen LogP contribution is 2.23. The minimum atomic E-state index is -0.105. The fourth-order valence-electron chi connectivity index (χ4n) is 1.57. The second kappa shape index (κ2) is 7.67. The Bertz CT molecular complexity index is 373. The standard InChI is InChI=1S/C12H16BrClN2O/c1-2-17-12(15)9(5-4-8-14)10-6-3-7-11(13)16-10/h3,6-7,9,15H,2,4-5,8H2,1H3. The number of ether oxygens (including phenoxy) is 1. The first-order valence-corrected chi connectivity index (χ1v) is 6.91. The van der Waals surface area contributed by atoms with Crippen LogP contribution in [0.15, 0.2) is 22.8 Å². The molecule has 17 heavy (non-hydrogen) atoms. The van der Waals surface area contributed by atoms with Crippen LogP contribution in [-0.2, 0) is 4.74 Å². The first kappa shape index (κ1) is 14.5. The minimum absolute atomic E-state index is 0.105. The van der Waals surface area contributed by atoms with Gasteiger partial charge in [0.2, 0.25) is 0 Å². The first-order valence-electron chi connectivity index (χ1n) is 5.58. The number of nitrogens with zero attached hydrogens (tertiary/aromatic N) is 1. The van der Waals surface area contributed by atoms with Gasteiger partial charge in [-0.2, -0.15) is 0 Å². The normalized spacial score (nSPS) is 12.2. The Hall–Kier alpha value is -0.610. The van der Waals surface area contributed by atoms with Crippen LogP contribution in [0.1, 0.15) is 31.4 Å². The van der Waals surface area contributed by atoms with E-state index in [0.29, 0.717) is 12.5 Å². The van der Waals surface area contributed by atoms with E-state index in [1.165, 1.54) is 0 Å². The van der Waals surface area contributed by atoms with E-state index in [4.69, 9.17) is 21.7 Å². The maximum absolute atomic E-state index is 7.91. The summed E-state index contributed by atoms with van der Waals surface area (Å²) in [4.78, 5) is 4.38. The van der Waals surface area contributed by atoms with E-state index in [0.717, 1.165) is 23.1 Å². The van der Waals surface area contributed by atoms with Crippen LogP contribution >= 0.6 is 27.5 Å². The Labute approximate surface area is 115 Å². The highest BCUT2D eigenvalue weighted by Gasteiger charge is 2.19. The van der Waals surface area contributed by atoms with Gasteiger partial charge in [0, 0.05) is 5.88 Å². The Morgan fingerprint density at radius 1 is 1.59 bits per heavy atom. The molecule has 5 heteroatoms. The van der Waals surface area contributed by atoms with Gasteiger partial charge in [-0.25, -0.2) is 4.98 Å². The zero-order valence-corrected chi connectivity index (χ0v) is 12.1. The molecule has 0 saturated heterocycles. The first-order chi connectivity index (χ1) is 8.19. The third kappa shape index (κ3) is 4.64. The second-order valence-electron chi connectivity index (χ2n) is 3.57. The maximum atomic E-state index is 7.91. The van der Waals surface area contributed by atoms with E-state index in [1.807, 2.05) is 25.1 Å². The second-order valence-corrected chi connectivity index (χ2v) is 4.76. The van der Waals surface area contributed by atoms with Crippen LogP contribution in [0.5, 0.6) is 0 Å². The molecule has 0 aliphatic carbocycles. The van der Waals surface area contributed by atoms with Gasteiger partial charge >= 0.3 is 0 Å². The molecule has 1 aromatic heterocycles. The van der Waals surface area contributed by atoms with Crippen LogP contribution in [0.25, 0.3) is 0 Å². The van der Waals surface area contributed by atoms with Crippen molar-refractivity contribution in [2.24, 2.45) is 0 Å². The van der Waals surface area contributed by atoms with Crippen molar-refractivity contribution in [1.82, 2.24) is 4.98 Å². The van der Waals surface area contributed by atoms with Gasteiger partial charge in [-0.1, -0.05) is 6.07 Å². The third-order valence-corrected chi connectivity index (χ3v) is 3.05. The number of rotatable bonds is 6. The summed E-state index contributed by atoms with van der Waals surface area (Å²) in [7, 11) is 0. The Morgan fingerprint density at radius 2 is 2.35 bits per heavy atom. The minimum Gasteiger partial charge on any atom is -0.481 e. The van der Waals surface area contributed by atoms with Crippen molar-refractivity contribution in [3.8, 4) is 0 Å². The molecule has 1 aromatic rings. The number of hydrogen-bond donors (Lipinski definition) is 1. The number of aromatic nitrogens is 1. The zero-order chi connectivity index (χ0) is 12.7. The summed E-state index contributed by atoms with van der Waals surface area (Å²) in [6.07, 6.45) is 1.63. The molecule has 1 N–H and O–H groups in total. The van der Waals surface area contributed by atoms with Crippen molar-refractivity contribution in [1.29, 1.82) is 5.41 Å². The van der Waals surface area contributed by atoms with Crippen molar-refractivity contribution in [3.63, 3.8) is 0 Å². The van der Waals surface area contributed by atoms with E-state index < -0.39 is 0 Å². The molecular weight excluding hydrogens is 304 g/mol. The molecular formula is C12H16BrClN2O. The van der Waals surface area contributed by atoms with Crippen molar-refractivity contribution in [2.45, 2.75) is 25.7 Å². The van der Waals surface area contributed by atoms with Crippen LogP contribution in [-0.4, -0.2) is 23.4 Å². The molecule has 1 atom stereocenters. The molecule has 0 radical (unpaired) electrons. The van der Waals surface area contributed by atoms with Gasteiger partial charge in [0.1, 0.15) is 4.60 Å². The number of halogens is 2. The van der Waals surface area contributed by atoms with Crippen LogP contribution in [0.4, 0.5) is 0 Å². The highest BCUT2D eigenvalue weighted by atomic mass is 79.9. The van der Waals surface area contributed by atoms with Crippen molar-refractivity contribution >= 4 is 33.4 Å². The summed E-state index contributed by atoms with van der Waals surface area (Å²) in [6.45, 7) is 2.38. The van der Waals surface area contributed by atoms with Crippen molar-refractivity contribution < 1.29 is 4.74 Å². The largest absolute Gasteiger partial charge is 0.481 e. The number of pyridine rings is 1. The smallest absolute Gasteiger partial charge is 0.189 e. The Kier molecular flexibility index (Phi) is 6.52. The Morgan fingerprint density at radius 3 is 2.94 bits per heavy atom. The van der Waals surface area contributed by atoms with Crippen molar-refractivity contribution in [2.75, 3.05) is 12.5 Å². The molecule has 1 heterocycles. The summed E-state index contributed by atoms with van der Waals surface area (Å²) in [5.41, 5.74) is 0.850. The average molecular weight is 320 g/mol. The molecule has 0 aliphatic heterocycles. The fourth-order valence-corrected chi connectivity index (χ4v) is 2.08. The predicted octanol–water partition coefficient (Wildman–Crippen LogP) is 3.96. The molecule has 94 valence electrons. The molecule has 0 saturated carbocycles. The molecule has 0 spiro atoms. The molecule has 1 rings (SSSR count). The van der Waals surface area contributed by atoms with E-state index >= 15 is 0 Å². The Balaban J connectivity index is 2.85. The van der Waals surface area contributed by atoms with Crippen molar-refractivity contribution in [3.05, 3.63) is 28.5 Å². The van der Waals surface area contributed by atoms with Crippen LogP contribution in [0.3, 0.4) is 0 Å². The molecule has 0 aromatic carbocycles. The van der Waals surface area contributed by atoms with Crippen LogP contribution in [0.2, 0.25) is 0 Å². The number of nitrogens with one attached hydrogen (secondary N) is 1. The summed E-state index contributed by atoms with van der Waals surface area (Å²) in [6, 6.07) is 5.70. The van der Waals surface area contributed by atoms with Gasteiger partial charge in [0.15, 0.2) is 5.90 Å².